The first-order valence-electron chi connectivity index (χ1n) is 10.8. The molecule has 12 heteroatoms. The van der Waals surface area contributed by atoms with Gasteiger partial charge in [-0.25, -0.2) is 4.98 Å². The van der Waals surface area contributed by atoms with E-state index in [1.807, 2.05) is 0 Å². The third-order valence-electron chi connectivity index (χ3n) is 5.49. The molecule has 35 heavy (non-hydrogen) atoms. The second-order valence-corrected chi connectivity index (χ2v) is 8.43. The van der Waals surface area contributed by atoms with Crippen molar-refractivity contribution in [1.29, 1.82) is 5.41 Å². The van der Waals surface area contributed by atoms with Crippen LogP contribution in [0.25, 0.3) is 0 Å². The van der Waals surface area contributed by atoms with E-state index in [0.29, 0.717) is 23.8 Å². The van der Waals surface area contributed by atoms with Gasteiger partial charge in [0.15, 0.2) is 0 Å². The SMILES string of the molecule is CC(CN(CC1CC1)C(=O)c1cc(C(F)(F)F)cc(C(F)(F)F)c1)C(=NC=N)[NH2+]c1ccccn1. The maximum atomic E-state index is 13.3. The summed E-state index contributed by atoms with van der Waals surface area (Å²) >= 11 is 0. The van der Waals surface area contributed by atoms with Crippen LogP contribution in [0.2, 0.25) is 0 Å². The number of hydrogen-bond donors (Lipinski definition) is 2. The summed E-state index contributed by atoms with van der Waals surface area (Å²) in [6, 6.07) is 6.08. The number of amidine groups is 1. The lowest BCUT2D eigenvalue weighted by Crippen LogP contribution is -2.84. The number of alkyl halides is 6. The number of pyridine rings is 1. The summed E-state index contributed by atoms with van der Waals surface area (Å²) in [6.07, 6.45) is -6.08. The Hall–Kier alpha value is -3.28. The predicted molar refractivity (Wildman–Crippen MR) is 116 cm³/mol. The molecule has 1 fully saturated rings. The first-order valence-corrected chi connectivity index (χ1v) is 10.8. The van der Waals surface area contributed by atoms with Crippen LogP contribution in [0.3, 0.4) is 0 Å². The maximum Gasteiger partial charge on any atom is 0.416 e. The number of rotatable bonds is 8. The Morgan fingerprint density at radius 3 is 2.29 bits per heavy atom. The molecule has 1 aliphatic rings. The number of carbonyl (C=O) groups is 1. The Labute approximate surface area is 197 Å². The van der Waals surface area contributed by atoms with Crippen molar-refractivity contribution in [3.05, 3.63) is 59.3 Å². The molecule has 0 bridgehead atoms. The van der Waals surface area contributed by atoms with Gasteiger partial charge in [0.1, 0.15) is 6.34 Å². The second-order valence-electron chi connectivity index (χ2n) is 8.43. The van der Waals surface area contributed by atoms with Crippen LogP contribution in [-0.2, 0) is 12.4 Å². The van der Waals surface area contributed by atoms with Crippen LogP contribution in [0.4, 0.5) is 32.2 Å². The molecule has 1 saturated carbocycles. The average Bonchev–Trinajstić information content (AvgIpc) is 3.61. The van der Waals surface area contributed by atoms with Gasteiger partial charge in [-0.15, -0.1) is 0 Å². The zero-order valence-electron chi connectivity index (χ0n) is 18.7. The molecule has 3 rings (SSSR count). The zero-order valence-corrected chi connectivity index (χ0v) is 18.7. The maximum absolute atomic E-state index is 13.3. The van der Waals surface area contributed by atoms with Crippen LogP contribution in [0.15, 0.2) is 47.6 Å². The molecular weight excluding hydrogens is 476 g/mol. The number of halogens is 6. The Morgan fingerprint density at radius 2 is 1.80 bits per heavy atom. The fourth-order valence-corrected chi connectivity index (χ4v) is 3.53. The quantitative estimate of drug-likeness (QED) is 0.318. The summed E-state index contributed by atoms with van der Waals surface area (Å²) in [7, 11) is 0. The lowest BCUT2D eigenvalue weighted by atomic mass is 10.0. The topological polar surface area (TPSA) is 86.0 Å². The minimum atomic E-state index is -5.05. The summed E-state index contributed by atoms with van der Waals surface area (Å²) in [5.41, 5.74) is -3.76. The molecule has 2 aromatic rings. The predicted octanol–water partition coefficient (Wildman–Crippen LogP) is 4.51. The van der Waals surface area contributed by atoms with Gasteiger partial charge in [-0.05, 0) is 49.9 Å². The molecular formula is C23H24F6N5O+. The van der Waals surface area contributed by atoms with Gasteiger partial charge in [-0.1, -0.05) is 6.07 Å². The van der Waals surface area contributed by atoms with Gasteiger partial charge in [-0.3, -0.25) is 15.5 Å². The smallest absolute Gasteiger partial charge is 0.337 e. The molecule has 1 aromatic carbocycles. The van der Waals surface area contributed by atoms with Crippen molar-refractivity contribution in [3.8, 4) is 0 Å². The summed E-state index contributed by atoms with van der Waals surface area (Å²) in [5, 5.41) is 8.95. The monoisotopic (exact) mass is 500 g/mol. The van der Waals surface area contributed by atoms with Crippen molar-refractivity contribution in [1.82, 2.24) is 9.88 Å². The highest BCUT2D eigenvalue weighted by Gasteiger charge is 2.38. The summed E-state index contributed by atoms with van der Waals surface area (Å²) in [5.74, 6) is -0.330. The number of carbonyl (C=O) groups excluding carboxylic acids is 1. The van der Waals surface area contributed by atoms with E-state index in [2.05, 4.69) is 9.98 Å². The first kappa shape index (κ1) is 26.3. The first-order chi connectivity index (χ1) is 16.4. The molecule has 1 heterocycles. The Balaban J connectivity index is 1.90. The van der Waals surface area contributed by atoms with Crippen LogP contribution in [0.1, 0.15) is 41.3 Å². The molecule has 0 radical (unpaired) electrons. The van der Waals surface area contributed by atoms with Gasteiger partial charge in [-0.2, -0.15) is 31.3 Å². The van der Waals surface area contributed by atoms with Crippen molar-refractivity contribution in [3.63, 3.8) is 0 Å². The molecule has 188 valence electrons. The van der Waals surface area contributed by atoms with E-state index >= 15 is 0 Å². The van der Waals surface area contributed by atoms with E-state index < -0.39 is 40.9 Å². The van der Waals surface area contributed by atoms with E-state index in [-0.39, 0.29) is 25.1 Å². The molecule has 0 aliphatic heterocycles. The minimum Gasteiger partial charge on any atom is -0.337 e. The number of amides is 1. The molecule has 1 aromatic heterocycles. The third-order valence-corrected chi connectivity index (χ3v) is 5.49. The number of nitrogens with two attached hydrogens (primary N) is 1. The molecule has 0 spiro atoms. The number of benzene rings is 1. The normalized spacial score (nSPS) is 15.6. The van der Waals surface area contributed by atoms with Gasteiger partial charge in [0.25, 0.3) is 5.91 Å². The third kappa shape index (κ3) is 7.35. The van der Waals surface area contributed by atoms with Gasteiger partial charge in [0.05, 0.1) is 17.0 Å². The lowest BCUT2D eigenvalue weighted by molar-refractivity contribution is -0.453. The van der Waals surface area contributed by atoms with E-state index in [1.165, 1.54) is 4.90 Å². The van der Waals surface area contributed by atoms with Gasteiger partial charge >= 0.3 is 12.4 Å². The van der Waals surface area contributed by atoms with Crippen molar-refractivity contribution < 1.29 is 36.5 Å². The van der Waals surface area contributed by atoms with E-state index in [4.69, 9.17) is 5.41 Å². The van der Waals surface area contributed by atoms with Gasteiger partial charge < -0.3 is 4.90 Å². The highest BCUT2D eigenvalue weighted by molar-refractivity contribution is 5.95. The highest BCUT2D eigenvalue weighted by atomic mass is 19.4. The molecule has 1 amide bonds. The summed E-state index contributed by atoms with van der Waals surface area (Å²) in [4.78, 5) is 22.7. The zero-order chi connectivity index (χ0) is 25.8. The van der Waals surface area contributed by atoms with Crippen LogP contribution in [0, 0.1) is 17.2 Å². The van der Waals surface area contributed by atoms with E-state index in [1.54, 1.807) is 36.6 Å². The number of aliphatic imine (C=N–C) groups is 1. The molecule has 0 saturated heterocycles. The molecule has 1 atom stereocenters. The van der Waals surface area contributed by atoms with Crippen molar-refractivity contribution in [2.75, 3.05) is 13.1 Å². The van der Waals surface area contributed by atoms with Crippen molar-refractivity contribution in [2.45, 2.75) is 32.1 Å². The number of quaternary nitrogens is 1. The van der Waals surface area contributed by atoms with Crippen molar-refractivity contribution in [2.24, 2.45) is 16.8 Å². The second kappa shape index (κ2) is 10.5. The van der Waals surface area contributed by atoms with Gasteiger partial charge in [0, 0.05) is 30.9 Å². The number of nitrogens with one attached hydrogen (secondary N) is 1. The number of hydrogen-bond acceptors (Lipinski definition) is 3. The minimum absolute atomic E-state index is 0.00129. The number of nitrogens with zero attached hydrogens (tertiary/aromatic N) is 3. The highest BCUT2D eigenvalue weighted by Crippen LogP contribution is 2.37. The largest absolute Gasteiger partial charge is 0.416 e. The fourth-order valence-electron chi connectivity index (χ4n) is 3.53. The molecule has 1 unspecified atom stereocenters. The summed E-state index contributed by atoms with van der Waals surface area (Å²) in [6.45, 7) is 1.90. The van der Waals surface area contributed by atoms with Crippen molar-refractivity contribution >= 4 is 23.9 Å². The Morgan fingerprint density at radius 1 is 1.17 bits per heavy atom. The Bertz CT molecular complexity index is 1050. The Kier molecular flexibility index (Phi) is 7.93. The van der Waals surface area contributed by atoms with E-state index in [0.717, 1.165) is 19.2 Å². The summed E-state index contributed by atoms with van der Waals surface area (Å²) < 4.78 is 79.7. The number of aromatic nitrogens is 1. The molecule has 3 N–H and O–H groups in total. The van der Waals surface area contributed by atoms with E-state index in [9.17, 15) is 31.1 Å². The van der Waals surface area contributed by atoms with Crippen LogP contribution < -0.4 is 5.32 Å². The standard InChI is InChI=1S/C23H23F6N5O/c1-14(20(32-13-30)33-19-4-2-3-7-31-19)11-34(12-15-5-6-15)21(35)16-8-17(22(24,25)26)10-18(9-16)23(27,28)29/h2-4,7-10,13-15H,5-6,11-12H2,1H3,(H2,30,31,32,33)/p+1. The van der Waals surface area contributed by atoms with Crippen LogP contribution in [0.5, 0.6) is 0 Å². The molecule has 6 nitrogen and oxygen atoms in total. The van der Waals surface area contributed by atoms with Crippen LogP contribution in [-0.4, -0.2) is 41.1 Å². The lowest BCUT2D eigenvalue weighted by Gasteiger charge is -2.26. The molecule has 1 aliphatic carbocycles. The van der Waals surface area contributed by atoms with Gasteiger partial charge in [0.2, 0.25) is 11.7 Å². The van der Waals surface area contributed by atoms with Crippen LogP contribution >= 0.6 is 0 Å². The fraction of sp³-hybridized carbons (Fsp3) is 0.391. The average molecular weight is 500 g/mol.